The predicted molar refractivity (Wildman–Crippen MR) is 85.8 cm³/mol. The third kappa shape index (κ3) is 2.40. The van der Waals surface area contributed by atoms with Crippen molar-refractivity contribution in [2.45, 2.75) is 19.8 Å². The summed E-state index contributed by atoms with van der Waals surface area (Å²) >= 11 is 1.33. The standard InChI is InChI=1S/C16H15N3OS/c1-9(2)11-7-6-10-13(17)15(21-16(10)19-11)14(20)12-5-3-4-8-18-12/h3-9H,17H2,1-2H3. The normalized spacial score (nSPS) is 11.2. The number of fused-ring (bicyclic) bond motifs is 1. The molecule has 5 heteroatoms. The van der Waals surface area contributed by atoms with Crippen LogP contribution in [0.1, 0.15) is 40.8 Å². The van der Waals surface area contributed by atoms with E-state index in [2.05, 4.69) is 23.8 Å². The lowest BCUT2D eigenvalue weighted by molar-refractivity contribution is 0.103. The van der Waals surface area contributed by atoms with E-state index in [-0.39, 0.29) is 5.78 Å². The van der Waals surface area contributed by atoms with Gasteiger partial charge in [-0.3, -0.25) is 9.78 Å². The maximum atomic E-state index is 12.5. The third-order valence-electron chi connectivity index (χ3n) is 3.31. The molecule has 0 amide bonds. The molecule has 0 aliphatic rings. The second kappa shape index (κ2) is 5.26. The van der Waals surface area contributed by atoms with Gasteiger partial charge < -0.3 is 5.73 Å². The second-order valence-corrected chi connectivity index (χ2v) is 6.13. The highest BCUT2D eigenvalue weighted by atomic mass is 32.1. The predicted octanol–water partition coefficient (Wildman–Crippen LogP) is 3.63. The number of anilines is 1. The zero-order valence-corrected chi connectivity index (χ0v) is 12.6. The lowest BCUT2D eigenvalue weighted by Crippen LogP contribution is -2.03. The summed E-state index contributed by atoms with van der Waals surface area (Å²) in [6.45, 7) is 4.18. The van der Waals surface area contributed by atoms with Crippen molar-refractivity contribution in [1.29, 1.82) is 0 Å². The molecule has 0 atom stereocenters. The topological polar surface area (TPSA) is 68.9 Å². The van der Waals surface area contributed by atoms with E-state index in [0.29, 0.717) is 22.2 Å². The van der Waals surface area contributed by atoms with E-state index in [9.17, 15) is 4.79 Å². The lowest BCUT2D eigenvalue weighted by atomic mass is 10.1. The van der Waals surface area contributed by atoms with Gasteiger partial charge in [0.1, 0.15) is 15.4 Å². The van der Waals surface area contributed by atoms with Crippen molar-refractivity contribution in [3.8, 4) is 0 Å². The molecule has 0 saturated heterocycles. The van der Waals surface area contributed by atoms with Crippen molar-refractivity contribution in [2.75, 3.05) is 5.73 Å². The highest BCUT2D eigenvalue weighted by molar-refractivity contribution is 7.21. The molecule has 0 fully saturated rings. The Labute approximate surface area is 126 Å². The molecular formula is C16H15N3OS. The van der Waals surface area contributed by atoms with Gasteiger partial charge in [-0.2, -0.15) is 0 Å². The van der Waals surface area contributed by atoms with E-state index < -0.39 is 0 Å². The zero-order valence-electron chi connectivity index (χ0n) is 11.8. The fraction of sp³-hybridized carbons (Fsp3) is 0.188. The number of pyridine rings is 2. The molecule has 3 heterocycles. The Morgan fingerprint density at radius 2 is 2.05 bits per heavy atom. The summed E-state index contributed by atoms with van der Waals surface area (Å²) < 4.78 is 0. The maximum Gasteiger partial charge on any atom is 0.223 e. The summed E-state index contributed by atoms with van der Waals surface area (Å²) in [6.07, 6.45) is 1.60. The van der Waals surface area contributed by atoms with E-state index in [1.54, 1.807) is 24.4 Å². The number of carbonyl (C=O) groups excluding carboxylic acids is 1. The van der Waals surface area contributed by atoms with Gasteiger partial charge in [0.2, 0.25) is 5.78 Å². The molecule has 106 valence electrons. The van der Waals surface area contributed by atoms with Gasteiger partial charge in [0.05, 0.1) is 5.69 Å². The Morgan fingerprint density at radius 3 is 2.71 bits per heavy atom. The van der Waals surface area contributed by atoms with E-state index in [0.717, 1.165) is 15.9 Å². The molecule has 2 N–H and O–H groups in total. The average Bonchev–Trinajstić information content (AvgIpc) is 2.84. The zero-order chi connectivity index (χ0) is 15.0. The van der Waals surface area contributed by atoms with E-state index in [1.165, 1.54) is 11.3 Å². The van der Waals surface area contributed by atoms with Crippen LogP contribution < -0.4 is 5.73 Å². The second-order valence-electron chi connectivity index (χ2n) is 5.13. The van der Waals surface area contributed by atoms with Gasteiger partial charge in [-0.05, 0) is 30.2 Å². The van der Waals surface area contributed by atoms with Crippen LogP contribution in [-0.2, 0) is 0 Å². The summed E-state index contributed by atoms with van der Waals surface area (Å²) in [5.41, 5.74) is 8.02. The minimum atomic E-state index is -0.151. The minimum absolute atomic E-state index is 0.151. The lowest BCUT2D eigenvalue weighted by Gasteiger charge is -2.03. The summed E-state index contributed by atoms with van der Waals surface area (Å²) in [4.78, 5) is 22.5. The molecule has 21 heavy (non-hydrogen) atoms. The average molecular weight is 297 g/mol. The van der Waals surface area contributed by atoms with Crippen molar-refractivity contribution in [3.63, 3.8) is 0 Å². The Morgan fingerprint density at radius 1 is 1.24 bits per heavy atom. The van der Waals surface area contributed by atoms with Crippen LogP contribution in [-0.4, -0.2) is 15.8 Å². The summed E-state index contributed by atoms with van der Waals surface area (Å²) in [5.74, 6) is 0.190. The Kier molecular flexibility index (Phi) is 3.43. The quantitative estimate of drug-likeness (QED) is 0.749. The number of rotatable bonds is 3. The van der Waals surface area contributed by atoms with Crippen LogP contribution in [0, 0.1) is 0 Å². The molecule has 4 nitrogen and oxygen atoms in total. The summed E-state index contributed by atoms with van der Waals surface area (Å²) in [7, 11) is 0. The molecule has 0 unspecified atom stereocenters. The van der Waals surface area contributed by atoms with Crippen molar-refractivity contribution < 1.29 is 4.79 Å². The molecular weight excluding hydrogens is 282 g/mol. The van der Waals surface area contributed by atoms with Crippen LogP contribution in [0.15, 0.2) is 36.5 Å². The highest BCUT2D eigenvalue weighted by Crippen LogP contribution is 2.34. The smallest absolute Gasteiger partial charge is 0.223 e. The van der Waals surface area contributed by atoms with E-state index in [4.69, 9.17) is 5.73 Å². The Hall–Kier alpha value is -2.27. The van der Waals surface area contributed by atoms with Crippen LogP contribution in [0.5, 0.6) is 0 Å². The van der Waals surface area contributed by atoms with Gasteiger partial charge >= 0.3 is 0 Å². The van der Waals surface area contributed by atoms with Crippen molar-refractivity contribution in [3.05, 3.63) is 52.8 Å². The SMILES string of the molecule is CC(C)c1ccc2c(N)c(C(=O)c3ccccn3)sc2n1. The molecule has 0 saturated carbocycles. The van der Waals surface area contributed by atoms with Gasteiger partial charge in [0.25, 0.3) is 0 Å². The van der Waals surface area contributed by atoms with Gasteiger partial charge in [-0.1, -0.05) is 19.9 Å². The first kappa shape index (κ1) is 13.7. The summed E-state index contributed by atoms with van der Waals surface area (Å²) in [5, 5.41) is 0.837. The van der Waals surface area contributed by atoms with Crippen molar-refractivity contribution in [2.24, 2.45) is 0 Å². The molecule has 0 aliphatic carbocycles. The highest BCUT2D eigenvalue weighted by Gasteiger charge is 2.19. The van der Waals surface area contributed by atoms with Gasteiger partial charge in [0, 0.05) is 17.3 Å². The number of nitrogen functional groups attached to an aromatic ring is 1. The molecule has 0 radical (unpaired) electrons. The molecule has 3 aromatic heterocycles. The van der Waals surface area contributed by atoms with Crippen molar-refractivity contribution >= 4 is 33.0 Å². The van der Waals surface area contributed by atoms with E-state index >= 15 is 0 Å². The number of carbonyl (C=O) groups is 1. The molecule has 3 rings (SSSR count). The minimum Gasteiger partial charge on any atom is -0.397 e. The first-order valence-electron chi connectivity index (χ1n) is 6.72. The van der Waals surface area contributed by atoms with Crippen LogP contribution >= 0.6 is 11.3 Å². The Bertz CT molecular complexity index is 809. The fourth-order valence-corrected chi connectivity index (χ4v) is 3.16. The number of aromatic nitrogens is 2. The van der Waals surface area contributed by atoms with Crippen LogP contribution in [0.2, 0.25) is 0 Å². The number of nitrogens with zero attached hydrogens (tertiary/aromatic N) is 2. The molecule has 3 aromatic rings. The monoisotopic (exact) mass is 297 g/mol. The largest absolute Gasteiger partial charge is 0.397 e. The molecule has 0 bridgehead atoms. The number of thiophene rings is 1. The third-order valence-corrected chi connectivity index (χ3v) is 4.42. The molecule has 0 aromatic carbocycles. The number of hydrogen-bond donors (Lipinski definition) is 1. The van der Waals surface area contributed by atoms with Gasteiger partial charge in [-0.25, -0.2) is 4.98 Å². The van der Waals surface area contributed by atoms with E-state index in [1.807, 2.05) is 12.1 Å². The van der Waals surface area contributed by atoms with Gasteiger partial charge in [0.15, 0.2) is 0 Å². The Balaban J connectivity index is 2.11. The van der Waals surface area contributed by atoms with Crippen molar-refractivity contribution in [1.82, 2.24) is 9.97 Å². The molecule has 0 aliphatic heterocycles. The maximum absolute atomic E-state index is 12.5. The number of hydrogen-bond acceptors (Lipinski definition) is 5. The summed E-state index contributed by atoms with van der Waals surface area (Å²) in [6, 6.07) is 9.17. The number of ketones is 1. The number of nitrogens with two attached hydrogens (primary N) is 1. The fourth-order valence-electron chi connectivity index (χ4n) is 2.12. The van der Waals surface area contributed by atoms with Crippen LogP contribution in [0.25, 0.3) is 10.2 Å². The van der Waals surface area contributed by atoms with Crippen LogP contribution in [0.3, 0.4) is 0 Å². The first-order chi connectivity index (χ1) is 10.1. The first-order valence-corrected chi connectivity index (χ1v) is 7.54. The van der Waals surface area contributed by atoms with Gasteiger partial charge in [-0.15, -0.1) is 11.3 Å². The molecule has 0 spiro atoms. The van der Waals surface area contributed by atoms with Crippen LogP contribution in [0.4, 0.5) is 5.69 Å².